The number of hydrogen-bond acceptors (Lipinski definition) is 5. The maximum atomic E-state index is 13.5. The molecular formula is C29H35N5O2. The molecule has 0 spiro atoms. The van der Waals surface area contributed by atoms with Gasteiger partial charge in [-0.1, -0.05) is 56.3 Å². The number of rotatable bonds is 11. The molecule has 0 atom stereocenters. The zero-order chi connectivity index (χ0) is 25.3. The summed E-state index contributed by atoms with van der Waals surface area (Å²) in [7, 11) is 0. The van der Waals surface area contributed by atoms with E-state index < -0.39 is 0 Å². The van der Waals surface area contributed by atoms with Gasteiger partial charge in [0, 0.05) is 32.3 Å². The molecule has 0 radical (unpaired) electrons. The van der Waals surface area contributed by atoms with Crippen molar-refractivity contribution < 1.29 is 9.59 Å². The van der Waals surface area contributed by atoms with Crippen LogP contribution in [0.1, 0.15) is 42.6 Å². The van der Waals surface area contributed by atoms with Gasteiger partial charge in [0.15, 0.2) is 5.82 Å². The number of carbonyl (C=O) groups excluding carboxylic acids is 2. The van der Waals surface area contributed by atoms with E-state index in [1.54, 1.807) is 41.4 Å². The van der Waals surface area contributed by atoms with Gasteiger partial charge in [-0.05, 0) is 55.9 Å². The van der Waals surface area contributed by atoms with Crippen molar-refractivity contribution in [2.75, 3.05) is 42.9 Å². The fraction of sp³-hybridized carbons (Fsp3) is 0.345. The van der Waals surface area contributed by atoms with E-state index in [-0.39, 0.29) is 11.8 Å². The van der Waals surface area contributed by atoms with Crippen molar-refractivity contribution in [3.63, 3.8) is 0 Å². The molecule has 188 valence electrons. The third-order valence-electron chi connectivity index (χ3n) is 6.63. The van der Waals surface area contributed by atoms with Crippen molar-refractivity contribution >= 4 is 29.0 Å². The molecule has 2 aromatic carbocycles. The molecule has 1 aliphatic rings. The minimum absolute atomic E-state index is 0.0609. The van der Waals surface area contributed by atoms with Crippen molar-refractivity contribution in [1.29, 1.82) is 0 Å². The van der Waals surface area contributed by atoms with Crippen LogP contribution in [0.2, 0.25) is 0 Å². The first-order chi connectivity index (χ1) is 17.6. The van der Waals surface area contributed by atoms with Crippen LogP contribution in [0.4, 0.5) is 17.2 Å². The summed E-state index contributed by atoms with van der Waals surface area (Å²) in [4.78, 5) is 37.1. The highest BCUT2D eigenvalue weighted by Crippen LogP contribution is 2.36. The van der Waals surface area contributed by atoms with E-state index in [4.69, 9.17) is 0 Å². The van der Waals surface area contributed by atoms with Crippen LogP contribution in [0.15, 0.2) is 72.9 Å². The number of para-hydroxylation sites is 1. The molecule has 0 unspecified atom stereocenters. The minimum Gasteiger partial charge on any atom is -0.319 e. The molecule has 36 heavy (non-hydrogen) atoms. The highest BCUT2D eigenvalue weighted by Gasteiger charge is 2.29. The number of nitrogens with one attached hydrogen (secondary N) is 1. The summed E-state index contributed by atoms with van der Waals surface area (Å²) in [6.45, 7) is 10.0. The fourth-order valence-electron chi connectivity index (χ4n) is 4.56. The molecule has 0 saturated carbocycles. The second-order valence-corrected chi connectivity index (χ2v) is 8.97. The predicted octanol–water partition coefficient (Wildman–Crippen LogP) is 4.94. The average molecular weight is 486 g/mol. The second-order valence-electron chi connectivity index (χ2n) is 8.97. The van der Waals surface area contributed by atoms with Crippen molar-refractivity contribution in [2.24, 2.45) is 0 Å². The summed E-state index contributed by atoms with van der Waals surface area (Å²) in [5.41, 5.74) is 2.91. The van der Waals surface area contributed by atoms with Gasteiger partial charge >= 0.3 is 0 Å². The number of pyridine rings is 1. The lowest BCUT2D eigenvalue weighted by atomic mass is 10.1. The number of carbonyl (C=O) groups is 2. The Balaban J connectivity index is 1.37. The molecule has 0 saturated heterocycles. The van der Waals surface area contributed by atoms with Gasteiger partial charge in [-0.15, -0.1) is 0 Å². The number of anilines is 3. The third kappa shape index (κ3) is 6.17. The van der Waals surface area contributed by atoms with Crippen molar-refractivity contribution in [2.45, 2.75) is 33.2 Å². The largest absolute Gasteiger partial charge is 0.319 e. The molecule has 0 fully saturated rings. The first kappa shape index (κ1) is 25.5. The maximum absolute atomic E-state index is 13.5. The number of amides is 2. The number of fused-ring (bicyclic) bond motifs is 2. The number of likely N-dealkylation sites (N-methyl/N-ethyl adjacent to an activating group) is 2. The lowest BCUT2D eigenvalue weighted by Gasteiger charge is -2.27. The Morgan fingerprint density at radius 3 is 2.39 bits per heavy atom. The van der Waals surface area contributed by atoms with Gasteiger partial charge in [0.05, 0.1) is 16.9 Å². The zero-order valence-electron chi connectivity index (χ0n) is 21.2. The summed E-state index contributed by atoms with van der Waals surface area (Å²) < 4.78 is 0. The van der Waals surface area contributed by atoms with E-state index in [1.165, 1.54) is 5.56 Å². The molecular weight excluding hydrogens is 450 g/mol. The van der Waals surface area contributed by atoms with Crippen molar-refractivity contribution in [3.8, 4) is 0 Å². The molecule has 1 aromatic heterocycles. The van der Waals surface area contributed by atoms with Crippen LogP contribution in [0.3, 0.4) is 0 Å². The van der Waals surface area contributed by atoms with Crippen LogP contribution in [-0.2, 0) is 11.3 Å². The van der Waals surface area contributed by atoms with Gasteiger partial charge in [-0.3, -0.25) is 19.4 Å². The summed E-state index contributed by atoms with van der Waals surface area (Å²) in [5.74, 6) is 0.171. The van der Waals surface area contributed by atoms with Gasteiger partial charge in [0.1, 0.15) is 0 Å². The number of benzene rings is 2. The second kappa shape index (κ2) is 12.4. The molecule has 4 rings (SSSR count). The van der Waals surface area contributed by atoms with Crippen LogP contribution < -0.4 is 10.2 Å². The van der Waals surface area contributed by atoms with E-state index >= 15 is 0 Å². The highest BCUT2D eigenvalue weighted by atomic mass is 16.2. The van der Waals surface area contributed by atoms with Gasteiger partial charge in [0.25, 0.3) is 5.91 Å². The van der Waals surface area contributed by atoms with E-state index in [0.717, 1.165) is 45.7 Å². The van der Waals surface area contributed by atoms with E-state index in [2.05, 4.69) is 58.2 Å². The molecule has 3 aromatic rings. The average Bonchev–Trinajstić information content (AvgIpc) is 3.04. The summed E-state index contributed by atoms with van der Waals surface area (Å²) >= 11 is 0. The van der Waals surface area contributed by atoms with Crippen LogP contribution in [0, 0.1) is 0 Å². The lowest BCUT2D eigenvalue weighted by Crippen LogP contribution is -2.36. The maximum Gasteiger partial charge on any atom is 0.257 e. The molecule has 7 heteroatoms. The number of hydrogen-bond donors (Lipinski definition) is 1. The normalized spacial score (nSPS) is 12.8. The lowest BCUT2D eigenvalue weighted by molar-refractivity contribution is -0.118. The predicted molar refractivity (Wildman–Crippen MR) is 145 cm³/mol. The molecule has 0 bridgehead atoms. The minimum atomic E-state index is -0.233. The SMILES string of the molecule is CCN(CCCC(=O)N1c2ccccc2C(=O)Nc2cccnc21)CCN(CC)Cc1ccccc1. The molecule has 7 nitrogen and oxygen atoms in total. The van der Waals surface area contributed by atoms with E-state index in [0.29, 0.717) is 29.2 Å². The standard InChI is InChI=1S/C29H35N5O2/c1-3-32(20-21-33(4-2)22-23-12-6-5-7-13-23)19-11-17-27(35)34-26-16-9-8-14-24(26)29(36)31-25-15-10-18-30-28(25)34/h5-10,12-16,18H,3-4,11,17,19-22H2,1-2H3,(H,31,36). The van der Waals surface area contributed by atoms with Crippen LogP contribution in [-0.4, -0.2) is 59.3 Å². The Morgan fingerprint density at radius 1 is 0.889 bits per heavy atom. The number of aromatic nitrogens is 1. The zero-order valence-corrected chi connectivity index (χ0v) is 21.2. The Kier molecular flexibility index (Phi) is 8.81. The molecule has 0 aliphatic carbocycles. The van der Waals surface area contributed by atoms with Gasteiger partial charge in [0.2, 0.25) is 5.91 Å². The van der Waals surface area contributed by atoms with E-state index in [1.807, 2.05) is 12.1 Å². The molecule has 1 N–H and O–H groups in total. The van der Waals surface area contributed by atoms with Gasteiger partial charge in [-0.25, -0.2) is 4.98 Å². The van der Waals surface area contributed by atoms with Crippen LogP contribution in [0.25, 0.3) is 0 Å². The van der Waals surface area contributed by atoms with E-state index in [9.17, 15) is 9.59 Å². The van der Waals surface area contributed by atoms with Crippen LogP contribution in [0.5, 0.6) is 0 Å². The highest BCUT2D eigenvalue weighted by molar-refractivity contribution is 6.17. The molecule has 2 amide bonds. The summed E-state index contributed by atoms with van der Waals surface area (Å²) in [5, 5.41) is 2.89. The van der Waals surface area contributed by atoms with Gasteiger partial charge in [-0.2, -0.15) is 0 Å². The topological polar surface area (TPSA) is 68.8 Å². The first-order valence-corrected chi connectivity index (χ1v) is 12.8. The third-order valence-corrected chi connectivity index (χ3v) is 6.63. The Hall–Kier alpha value is -3.55. The Morgan fingerprint density at radius 2 is 1.61 bits per heavy atom. The Bertz CT molecular complexity index is 1170. The summed E-state index contributed by atoms with van der Waals surface area (Å²) in [6, 6.07) is 21.3. The molecule has 2 heterocycles. The first-order valence-electron chi connectivity index (χ1n) is 12.8. The Labute approximate surface area is 213 Å². The number of nitrogens with zero attached hydrogens (tertiary/aromatic N) is 4. The van der Waals surface area contributed by atoms with Crippen molar-refractivity contribution in [1.82, 2.24) is 14.8 Å². The van der Waals surface area contributed by atoms with Gasteiger partial charge < -0.3 is 10.2 Å². The quantitative estimate of drug-likeness (QED) is 0.417. The fourth-order valence-corrected chi connectivity index (χ4v) is 4.56. The summed E-state index contributed by atoms with van der Waals surface area (Å²) in [6.07, 6.45) is 2.75. The monoisotopic (exact) mass is 485 g/mol. The van der Waals surface area contributed by atoms with Crippen LogP contribution >= 0.6 is 0 Å². The van der Waals surface area contributed by atoms with Crippen molar-refractivity contribution in [3.05, 3.63) is 84.1 Å². The smallest absolute Gasteiger partial charge is 0.257 e. The molecule has 1 aliphatic heterocycles.